The van der Waals surface area contributed by atoms with Gasteiger partial charge < -0.3 is 5.32 Å². The Hall–Kier alpha value is -1.49. The SMILES string of the molecule is CC1CCC(C)C(Nc2ccc(C#N)cc2)C1. The summed E-state index contributed by atoms with van der Waals surface area (Å²) < 4.78 is 0. The number of benzene rings is 1. The molecule has 17 heavy (non-hydrogen) atoms. The van der Waals surface area contributed by atoms with Gasteiger partial charge in [-0.25, -0.2) is 0 Å². The first-order valence-corrected chi connectivity index (χ1v) is 6.45. The predicted molar refractivity (Wildman–Crippen MR) is 70.7 cm³/mol. The lowest BCUT2D eigenvalue weighted by atomic mass is 9.80. The zero-order chi connectivity index (χ0) is 12.3. The van der Waals surface area contributed by atoms with Gasteiger partial charge in [0.1, 0.15) is 0 Å². The first-order chi connectivity index (χ1) is 8.19. The molecule has 0 spiro atoms. The van der Waals surface area contributed by atoms with Gasteiger partial charge in [-0.3, -0.25) is 0 Å². The highest BCUT2D eigenvalue weighted by atomic mass is 14.9. The van der Waals surface area contributed by atoms with Gasteiger partial charge in [-0.1, -0.05) is 20.3 Å². The summed E-state index contributed by atoms with van der Waals surface area (Å²) in [6, 6.07) is 10.5. The molecule has 2 nitrogen and oxygen atoms in total. The Morgan fingerprint density at radius 1 is 1.18 bits per heavy atom. The summed E-state index contributed by atoms with van der Waals surface area (Å²) in [6.45, 7) is 4.66. The lowest BCUT2D eigenvalue weighted by Gasteiger charge is -2.34. The summed E-state index contributed by atoms with van der Waals surface area (Å²) in [6.07, 6.45) is 3.92. The number of hydrogen-bond acceptors (Lipinski definition) is 2. The quantitative estimate of drug-likeness (QED) is 0.835. The molecule has 3 atom stereocenters. The van der Waals surface area contributed by atoms with Crippen LogP contribution >= 0.6 is 0 Å². The van der Waals surface area contributed by atoms with Crippen molar-refractivity contribution >= 4 is 5.69 Å². The fourth-order valence-electron chi connectivity index (χ4n) is 2.59. The van der Waals surface area contributed by atoms with Gasteiger partial charge in [0.05, 0.1) is 11.6 Å². The van der Waals surface area contributed by atoms with Crippen LogP contribution in [0.15, 0.2) is 24.3 Å². The molecule has 3 unspecified atom stereocenters. The highest BCUT2D eigenvalue weighted by Crippen LogP contribution is 2.30. The standard InChI is InChI=1S/C15H20N2/c1-11-3-4-12(2)15(9-11)17-14-7-5-13(10-16)6-8-14/h5-8,11-12,15,17H,3-4,9H2,1-2H3. The smallest absolute Gasteiger partial charge is 0.0991 e. The summed E-state index contributed by atoms with van der Waals surface area (Å²) in [5, 5.41) is 12.4. The molecule has 1 aliphatic carbocycles. The van der Waals surface area contributed by atoms with E-state index in [0.29, 0.717) is 6.04 Å². The summed E-state index contributed by atoms with van der Waals surface area (Å²) in [5.74, 6) is 1.56. The van der Waals surface area contributed by atoms with E-state index in [9.17, 15) is 0 Å². The number of nitrogens with zero attached hydrogens (tertiary/aromatic N) is 1. The zero-order valence-corrected chi connectivity index (χ0v) is 10.6. The molecule has 0 radical (unpaired) electrons. The third-order valence-electron chi connectivity index (χ3n) is 3.82. The van der Waals surface area contributed by atoms with Crippen molar-refractivity contribution in [3.05, 3.63) is 29.8 Å². The van der Waals surface area contributed by atoms with E-state index in [1.165, 1.54) is 19.3 Å². The third kappa shape index (κ3) is 3.00. The first-order valence-electron chi connectivity index (χ1n) is 6.45. The van der Waals surface area contributed by atoms with Gasteiger partial charge in [0, 0.05) is 11.7 Å². The minimum Gasteiger partial charge on any atom is -0.382 e. The average molecular weight is 228 g/mol. The Balaban J connectivity index is 2.01. The van der Waals surface area contributed by atoms with Crippen molar-refractivity contribution in [2.75, 3.05) is 5.32 Å². The van der Waals surface area contributed by atoms with Crippen molar-refractivity contribution < 1.29 is 0 Å². The van der Waals surface area contributed by atoms with E-state index in [1.807, 2.05) is 24.3 Å². The van der Waals surface area contributed by atoms with Crippen LogP contribution in [0.2, 0.25) is 0 Å². The fraction of sp³-hybridized carbons (Fsp3) is 0.533. The van der Waals surface area contributed by atoms with Crippen LogP contribution in [0.1, 0.15) is 38.7 Å². The molecule has 1 aliphatic rings. The number of rotatable bonds is 2. The van der Waals surface area contributed by atoms with Gasteiger partial charge in [0.25, 0.3) is 0 Å². The third-order valence-corrected chi connectivity index (χ3v) is 3.82. The Labute approximate surface area is 104 Å². The topological polar surface area (TPSA) is 35.8 Å². The Morgan fingerprint density at radius 2 is 1.88 bits per heavy atom. The maximum absolute atomic E-state index is 8.76. The molecule has 0 amide bonds. The van der Waals surface area contributed by atoms with Gasteiger partial charge in [-0.05, 0) is 48.9 Å². The molecular weight excluding hydrogens is 208 g/mol. The van der Waals surface area contributed by atoms with Crippen LogP contribution in [0.25, 0.3) is 0 Å². The van der Waals surface area contributed by atoms with E-state index in [1.54, 1.807) is 0 Å². The van der Waals surface area contributed by atoms with Crippen molar-refractivity contribution in [3.8, 4) is 6.07 Å². The minimum atomic E-state index is 0.576. The summed E-state index contributed by atoms with van der Waals surface area (Å²) in [7, 11) is 0. The van der Waals surface area contributed by atoms with Crippen LogP contribution in [0.4, 0.5) is 5.69 Å². The maximum Gasteiger partial charge on any atom is 0.0991 e. The van der Waals surface area contributed by atoms with Crippen molar-refractivity contribution in [1.29, 1.82) is 5.26 Å². The van der Waals surface area contributed by atoms with Crippen molar-refractivity contribution in [2.24, 2.45) is 11.8 Å². The van der Waals surface area contributed by atoms with Gasteiger partial charge in [0.15, 0.2) is 0 Å². The van der Waals surface area contributed by atoms with Crippen molar-refractivity contribution in [1.82, 2.24) is 0 Å². The molecule has 1 aromatic rings. The predicted octanol–water partition coefficient (Wildman–Crippen LogP) is 3.79. The molecule has 90 valence electrons. The van der Waals surface area contributed by atoms with E-state index >= 15 is 0 Å². The molecule has 0 bridgehead atoms. The summed E-state index contributed by atoms with van der Waals surface area (Å²) in [5.41, 5.74) is 1.86. The number of hydrogen-bond donors (Lipinski definition) is 1. The molecule has 1 N–H and O–H groups in total. The van der Waals surface area contributed by atoms with Crippen molar-refractivity contribution in [2.45, 2.75) is 39.2 Å². The largest absolute Gasteiger partial charge is 0.382 e. The molecular formula is C15H20N2. The normalized spacial score (nSPS) is 28.4. The number of nitriles is 1. The molecule has 0 aliphatic heterocycles. The molecule has 1 aromatic carbocycles. The van der Waals surface area contributed by atoms with Gasteiger partial charge >= 0.3 is 0 Å². The van der Waals surface area contributed by atoms with E-state index in [0.717, 1.165) is 23.1 Å². The highest BCUT2D eigenvalue weighted by Gasteiger charge is 2.25. The monoisotopic (exact) mass is 228 g/mol. The average Bonchev–Trinajstić information content (AvgIpc) is 2.35. The molecule has 2 heteroatoms. The van der Waals surface area contributed by atoms with Crippen LogP contribution in [0, 0.1) is 23.2 Å². The molecule has 0 heterocycles. The number of anilines is 1. The van der Waals surface area contributed by atoms with Crippen LogP contribution in [0.3, 0.4) is 0 Å². The zero-order valence-electron chi connectivity index (χ0n) is 10.6. The van der Waals surface area contributed by atoms with Crippen LogP contribution in [-0.4, -0.2) is 6.04 Å². The van der Waals surface area contributed by atoms with E-state index in [2.05, 4.69) is 25.2 Å². The fourth-order valence-corrected chi connectivity index (χ4v) is 2.59. The lowest BCUT2D eigenvalue weighted by Crippen LogP contribution is -2.33. The molecule has 1 fully saturated rings. The van der Waals surface area contributed by atoms with Gasteiger partial charge in [0.2, 0.25) is 0 Å². The number of nitrogens with one attached hydrogen (secondary N) is 1. The van der Waals surface area contributed by atoms with Gasteiger partial charge in [-0.15, -0.1) is 0 Å². The van der Waals surface area contributed by atoms with Crippen molar-refractivity contribution in [3.63, 3.8) is 0 Å². The highest BCUT2D eigenvalue weighted by molar-refractivity contribution is 5.48. The second-order valence-electron chi connectivity index (χ2n) is 5.34. The Kier molecular flexibility index (Phi) is 3.68. The van der Waals surface area contributed by atoms with Crippen LogP contribution in [0.5, 0.6) is 0 Å². The Bertz CT molecular complexity index is 402. The molecule has 1 saturated carbocycles. The first kappa shape index (κ1) is 12.0. The minimum absolute atomic E-state index is 0.576. The molecule has 0 saturated heterocycles. The van der Waals surface area contributed by atoms with Gasteiger partial charge in [-0.2, -0.15) is 5.26 Å². The summed E-state index contributed by atoms with van der Waals surface area (Å²) in [4.78, 5) is 0. The Morgan fingerprint density at radius 3 is 2.53 bits per heavy atom. The van der Waals surface area contributed by atoms with Crippen LogP contribution in [-0.2, 0) is 0 Å². The van der Waals surface area contributed by atoms with Crippen LogP contribution < -0.4 is 5.32 Å². The lowest BCUT2D eigenvalue weighted by molar-refractivity contribution is 0.281. The van der Waals surface area contributed by atoms with E-state index in [-0.39, 0.29) is 0 Å². The molecule has 2 rings (SSSR count). The maximum atomic E-state index is 8.76. The van der Waals surface area contributed by atoms with E-state index < -0.39 is 0 Å². The second-order valence-corrected chi connectivity index (χ2v) is 5.34. The molecule has 0 aromatic heterocycles. The summed E-state index contributed by atoms with van der Waals surface area (Å²) >= 11 is 0. The second kappa shape index (κ2) is 5.23. The van der Waals surface area contributed by atoms with E-state index in [4.69, 9.17) is 5.26 Å².